The first-order chi connectivity index (χ1) is 12.1. The molecule has 1 aliphatic heterocycles. The third-order valence-electron chi connectivity index (χ3n) is 4.57. The number of carbonyl (C=O) groups is 1. The molecule has 124 valence electrons. The maximum atomic E-state index is 13.2. The topological polar surface area (TPSA) is 40.5 Å². The number of carbonyl (C=O) groups excluding carboxylic acids is 1. The molecule has 1 heterocycles. The van der Waals surface area contributed by atoms with Crippen molar-refractivity contribution in [2.24, 2.45) is 0 Å². The predicted octanol–water partition coefficient (Wildman–Crippen LogP) is 4.12. The summed E-state index contributed by atoms with van der Waals surface area (Å²) in [6, 6.07) is 23.9. The highest BCUT2D eigenvalue weighted by Gasteiger charge is 2.51. The summed E-state index contributed by atoms with van der Waals surface area (Å²) in [5, 5.41) is 11.9. The second-order valence-corrected chi connectivity index (χ2v) is 6.55. The molecule has 25 heavy (non-hydrogen) atoms. The molecule has 0 saturated heterocycles. The first-order valence-electron chi connectivity index (χ1n) is 8.04. The minimum absolute atomic E-state index is 0.361. The van der Waals surface area contributed by atoms with Gasteiger partial charge in [0.2, 0.25) is 0 Å². The SMILES string of the molecule is O=C1N(Cc2ccccc2)c2ccc(Cl)cc2[C@@]1(O)c1ccccc1. The lowest BCUT2D eigenvalue weighted by Gasteiger charge is -2.23. The number of fused-ring (bicyclic) bond motifs is 1. The van der Waals surface area contributed by atoms with Crippen molar-refractivity contribution in [3.05, 3.63) is 101 Å². The van der Waals surface area contributed by atoms with Crippen molar-refractivity contribution in [3.8, 4) is 0 Å². The lowest BCUT2D eigenvalue weighted by Crippen LogP contribution is -2.40. The van der Waals surface area contributed by atoms with Gasteiger partial charge in [-0.2, -0.15) is 0 Å². The predicted molar refractivity (Wildman–Crippen MR) is 98.5 cm³/mol. The summed E-state index contributed by atoms with van der Waals surface area (Å²) in [4.78, 5) is 14.9. The summed E-state index contributed by atoms with van der Waals surface area (Å²) >= 11 is 6.15. The third-order valence-corrected chi connectivity index (χ3v) is 4.80. The van der Waals surface area contributed by atoms with E-state index in [-0.39, 0.29) is 5.91 Å². The lowest BCUT2D eigenvalue weighted by molar-refractivity contribution is -0.132. The average Bonchev–Trinajstić information content (AvgIpc) is 2.86. The van der Waals surface area contributed by atoms with Crippen molar-refractivity contribution in [2.45, 2.75) is 12.1 Å². The van der Waals surface area contributed by atoms with Gasteiger partial charge in [-0.25, -0.2) is 0 Å². The molecule has 0 fully saturated rings. The van der Waals surface area contributed by atoms with Gasteiger partial charge in [0.05, 0.1) is 12.2 Å². The molecule has 0 aliphatic carbocycles. The van der Waals surface area contributed by atoms with Crippen molar-refractivity contribution < 1.29 is 9.90 Å². The molecule has 0 unspecified atom stereocenters. The molecular weight excluding hydrogens is 334 g/mol. The monoisotopic (exact) mass is 349 g/mol. The molecule has 3 aromatic carbocycles. The van der Waals surface area contributed by atoms with Crippen LogP contribution in [-0.4, -0.2) is 11.0 Å². The minimum atomic E-state index is -1.73. The molecule has 1 N–H and O–H groups in total. The van der Waals surface area contributed by atoms with E-state index in [4.69, 9.17) is 11.6 Å². The highest BCUT2D eigenvalue weighted by Crippen LogP contribution is 2.45. The van der Waals surface area contributed by atoms with Gasteiger partial charge in [0, 0.05) is 10.6 Å². The van der Waals surface area contributed by atoms with E-state index in [2.05, 4.69) is 0 Å². The van der Waals surface area contributed by atoms with Gasteiger partial charge in [0.15, 0.2) is 5.60 Å². The van der Waals surface area contributed by atoms with Crippen molar-refractivity contribution in [3.63, 3.8) is 0 Å². The van der Waals surface area contributed by atoms with E-state index < -0.39 is 5.60 Å². The van der Waals surface area contributed by atoms with Gasteiger partial charge in [-0.15, -0.1) is 0 Å². The average molecular weight is 350 g/mol. The zero-order chi connectivity index (χ0) is 17.4. The summed E-state index contributed by atoms with van der Waals surface area (Å²) in [5.41, 5.74) is 1.01. The van der Waals surface area contributed by atoms with Crippen LogP contribution >= 0.6 is 11.6 Å². The van der Waals surface area contributed by atoms with E-state index in [1.807, 2.05) is 48.5 Å². The van der Waals surface area contributed by atoms with Crippen LogP contribution in [0.25, 0.3) is 0 Å². The number of aliphatic hydroxyl groups is 1. The summed E-state index contributed by atoms with van der Waals surface area (Å²) in [6.45, 7) is 0.392. The number of nitrogens with zero attached hydrogens (tertiary/aromatic N) is 1. The van der Waals surface area contributed by atoms with Crippen LogP contribution in [0.4, 0.5) is 5.69 Å². The first kappa shape index (κ1) is 15.9. The van der Waals surface area contributed by atoms with Gasteiger partial charge >= 0.3 is 0 Å². The van der Waals surface area contributed by atoms with Gasteiger partial charge in [0.1, 0.15) is 0 Å². The zero-order valence-corrected chi connectivity index (χ0v) is 14.1. The molecule has 3 nitrogen and oxygen atoms in total. The van der Waals surface area contributed by atoms with Gasteiger partial charge in [-0.1, -0.05) is 72.3 Å². The Balaban J connectivity index is 1.86. The standard InChI is InChI=1S/C21H16ClNO2/c22-17-11-12-19-18(13-17)21(25,16-9-5-2-6-10-16)20(24)23(19)14-15-7-3-1-4-8-15/h1-13,25H,14H2/t21-/m0/s1. The summed E-state index contributed by atoms with van der Waals surface area (Å²) in [6.07, 6.45) is 0. The van der Waals surface area contributed by atoms with Crippen molar-refractivity contribution in [1.29, 1.82) is 0 Å². The minimum Gasteiger partial charge on any atom is -0.372 e. The van der Waals surface area contributed by atoms with E-state index in [0.717, 1.165) is 5.56 Å². The second-order valence-electron chi connectivity index (χ2n) is 6.11. The molecule has 0 saturated carbocycles. The van der Waals surface area contributed by atoms with Crippen LogP contribution < -0.4 is 4.90 Å². The molecule has 0 aromatic heterocycles. The Morgan fingerprint density at radius 2 is 1.56 bits per heavy atom. The number of anilines is 1. The van der Waals surface area contributed by atoms with E-state index in [1.165, 1.54) is 0 Å². The van der Waals surface area contributed by atoms with Crippen LogP contribution in [0.2, 0.25) is 5.02 Å². The van der Waals surface area contributed by atoms with Crippen LogP contribution in [0.1, 0.15) is 16.7 Å². The lowest BCUT2D eigenvalue weighted by atomic mass is 9.87. The number of halogens is 1. The van der Waals surface area contributed by atoms with Crippen LogP contribution in [-0.2, 0) is 16.9 Å². The van der Waals surface area contributed by atoms with Gasteiger partial charge in [-0.3, -0.25) is 4.79 Å². The molecule has 4 rings (SSSR count). The Hall–Kier alpha value is -2.62. The van der Waals surface area contributed by atoms with Gasteiger partial charge < -0.3 is 10.0 Å². The normalized spacial score (nSPS) is 19.1. The molecule has 0 bridgehead atoms. The molecule has 1 amide bonds. The molecule has 0 spiro atoms. The third kappa shape index (κ3) is 2.53. The Morgan fingerprint density at radius 3 is 2.24 bits per heavy atom. The van der Waals surface area contributed by atoms with Crippen molar-refractivity contribution in [1.82, 2.24) is 0 Å². The molecule has 4 heteroatoms. The summed E-state index contributed by atoms with van der Waals surface area (Å²) < 4.78 is 0. The Labute approximate surface area is 151 Å². The molecule has 3 aromatic rings. The fourth-order valence-electron chi connectivity index (χ4n) is 3.33. The fraction of sp³-hybridized carbons (Fsp3) is 0.0952. The number of amides is 1. The summed E-state index contributed by atoms with van der Waals surface area (Å²) in [5.74, 6) is -0.361. The van der Waals surface area contributed by atoms with E-state index in [1.54, 1.807) is 35.2 Å². The molecule has 1 atom stereocenters. The zero-order valence-electron chi connectivity index (χ0n) is 13.4. The number of hydrogen-bond acceptors (Lipinski definition) is 2. The quantitative estimate of drug-likeness (QED) is 0.772. The maximum Gasteiger partial charge on any atom is 0.268 e. The number of rotatable bonds is 3. The largest absolute Gasteiger partial charge is 0.372 e. The first-order valence-corrected chi connectivity index (χ1v) is 8.42. The Bertz CT molecular complexity index is 927. The highest BCUT2D eigenvalue weighted by atomic mass is 35.5. The Kier molecular flexibility index (Phi) is 3.83. The van der Waals surface area contributed by atoms with Crippen LogP contribution in [0, 0.1) is 0 Å². The highest BCUT2D eigenvalue weighted by molar-refractivity contribution is 6.31. The molecular formula is C21H16ClNO2. The van der Waals surface area contributed by atoms with Crippen molar-refractivity contribution in [2.75, 3.05) is 4.90 Å². The van der Waals surface area contributed by atoms with Crippen LogP contribution in [0.5, 0.6) is 0 Å². The number of hydrogen-bond donors (Lipinski definition) is 1. The van der Waals surface area contributed by atoms with Gasteiger partial charge in [-0.05, 0) is 29.3 Å². The van der Waals surface area contributed by atoms with Crippen molar-refractivity contribution >= 4 is 23.2 Å². The Morgan fingerprint density at radius 1 is 0.920 bits per heavy atom. The fourth-order valence-corrected chi connectivity index (χ4v) is 3.51. The van der Waals surface area contributed by atoms with Gasteiger partial charge in [0.25, 0.3) is 5.91 Å². The van der Waals surface area contributed by atoms with Crippen LogP contribution in [0.3, 0.4) is 0 Å². The maximum absolute atomic E-state index is 13.2. The second kappa shape index (κ2) is 6.03. The smallest absolute Gasteiger partial charge is 0.268 e. The number of benzene rings is 3. The molecule has 0 radical (unpaired) electrons. The van der Waals surface area contributed by atoms with E-state index >= 15 is 0 Å². The summed E-state index contributed by atoms with van der Waals surface area (Å²) in [7, 11) is 0. The van der Waals surface area contributed by atoms with Crippen LogP contribution in [0.15, 0.2) is 78.9 Å². The van der Waals surface area contributed by atoms with E-state index in [9.17, 15) is 9.90 Å². The molecule has 1 aliphatic rings. The van der Waals surface area contributed by atoms with E-state index in [0.29, 0.717) is 28.4 Å².